The van der Waals surface area contributed by atoms with Gasteiger partial charge in [-0.05, 0) is 73.7 Å². The molecular weight excluding hydrogens is 278 g/mol. The second-order valence-electron chi connectivity index (χ2n) is 7.37. The molecule has 0 bridgehead atoms. The molecule has 1 aliphatic heterocycles. The smallest absolute Gasteiger partial charge is 0.0233 e. The molecule has 1 heterocycles. The van der Waals surface area contributed by atoms with Gasteiger partial charge in [0.05, 0.1) is 0 Å². The lowest BCUT2D eigenvalue weighted by molar-refractivity contribution is 0.134. The maximum atomic E-state index is 2.64. The molecule has 1 aliphatic carbocycles. The van der Waals surface area contributed by atoms with Crippen LogP contribution in [0.25, 0.3) is 0 Å². The van der Waals surface area contributed by atoms with Crippen LogP contribution in [0.2, 0.25) is 0 Å². The predicted molar refractivity (Wildman–Crippen MR) is 96.4 cm³/mol. The second kappa shape index (κ2) is 6.88. The van der Waals surface area contributed by atoms with E-state index in [1.165, 1.54) is 50.8 Å². The van der Waals surface area contributed by atoms with Crippen LogP contribution in [0, 0.1) is 11.8 Å². The Kier molecular flexibility index (Phi) is 4.48. The SMILES string of the molecule is c1ccc(CN2CCC(C3CCc4ccccc4C3)CC2)cc1. The third-order valence-corrected chi connectivity index (χ3v) is 5.93. The Morgan fingerprint density at radius 3 is 2.22 bits per heavy atom. The molecule has 0 aromatic heterocycles. The van der Waals surface area contributed by atoms with Crippen LogP contribution < -0.4 is 0 Å². The van der Waals surface area contributed by atoms with Crippen LogP contribution in [-0.2, 0) is 19.4 Å². The quantitative estimate of drug-likeness (QED) is 0.794. The summed E-state index contributed by atoms with van der Waals surface area (Å²) in [7, 11) is 0. The molecule has 120 valence electrons. The van der Waals surface area contributed by atoms with Crippen molar-refractivity contribution in [2.75, 3.05) is 13.1 Å². The number of rotatable bonds is 3. The molecule has 0 spiro atoms. The first-order chi connectivity index (χ1) is 11.4. The molecule has 1 unspecified atom stereocenters. The highest BCUT2D eigenvalue weighted by atomic mass is 15.1. The topological polar surface area (TPSA) is 3.24 Å². The molecule has 0 radical (unpaired) electrons. The molecule has 1 fully saturated rings. The van der Waals surface area contributed by atoms with E-state index in [0.29, 0.717) is 0 Å². The van der Waals surface area contributed by atoms with Crippen LogP contribution in [0.15, 0.2) is 54.6 Å². The largest absolute Gasteiger partial charge is 0.299 e. The van der Waals surface area contributed by atoms with Crippen molar-refractivity contribution in [1.29, 1.82) is 0 Å². The Hall–Kier alpha value is -1.60. The zero-order valence-corrected chi connectivity index (χ0v) is 14.0. The van der Waals surface area contributed by atoms with Crippen LogP contribution in [0.4, 0.5) is 0 Å². The van der Waals surface area contributed by atoms with E-state index in [9.17, 15) is 0 Å². The zero-order valence-electron chi connectivity index (χ0n) is 14.0. The molecule has 1 heteroatoms. The number of hydrogen-bond acceptors (Lipinski definition) is 1. The van der Waals surface area contributed by atoms with Gasteiger partial charge >= 0.3 is 0 Å². The highest BCUT2D eigenvalue weighted by molar-refractivity contribution is 5.29. The summed E-state index contributed by atoms with van der Waals surface area (Å²) in [5.41, 5.74) is 4.68. The molecule has 0 N–H and O–H groups in total. The Morgan fingerprint density at radius 2 is 1.43 bits per heavy atom. The first-order valence-corrected chi connectivity index (χ1v) is 9.21. The number of aryl methyl sites for hydroxylation is 1. The predicted octanol–water partition coefficient (Wildman–Crippen LogP) is 4.70. The van der Waals surface area contributed by atoms with Gasteiger partial charge < -0.3 is 0 Å². The standard InChI is InChI=1S/C22H27N/c1-2-6-18(7-3-1)17-23-14-12-20(13-15-23)22-11-10-19-8-4-5-9-21(19)16-22/h1-9,20,22H,10-17H2. The Bertz CT molecular complexity index is 625. The van der Waals surface area contributed by atoms with E-state index < -0.39 is 0 Å². The van der Waals surface area contributed by atoms with Gasteiger partial charge in [-0.25, -0.2) is 0 Å². The molecule has 0 saturated carbocycles. The van der Waals surface area contributed by atoms with Crippen molar-refractivity contribution in [3.8, 4) is 0 Å². The van der Waals surface area contributed by atoms with Crippen LogP contribution in [-0.4, -0.2) is 18.0 Å². The minimum absolute atomic E-state index is 0.920. The van der Waals surface area contributed by atoms with Gasteiger partial charge in [-0.2, -0.15) is 0 Å². The van der Waals surface area contributed by atoms with E-state index in [0.717, 1.165) is 18.4 Å². The van der Waals surface area contributed by atoms with E-state index in [1.54, 1.807) is 11.1 Å². The first kappa shape index (κ1) is 15.0. The van der Waals surface area contributed by atoms with Gasteiger partial charge in [-0.1, -0.05) is 54.6 Å². The van der Waals surface area contributed by atoms with E-state index in [-0.39, 0.29) is 0 Å². The van der Waals surface area contributed by atoms with Gasteiger partial charge in [0.25, 0.3) is 0 Å². The van der Waals surface area contributed by atoms with Gasteiger partial charge in [-0.3, -0.25) is 4.90 Å². The zero-order chi connectivity index (χ0) is 15.5. The number of nitrogens with zero attached hydrogens (tertiary/aromatic N) is 1. The van der Waals surface area contributed by atoms with Crippen molar-refractivity contribution in [2.24, 2.45) is 11.8 Å². The minimum atomic E-state index is 0.920. The van der Waals surface area contributed by atoms with E-state index in [1.807, 2.05) is 0 Å². The molecule has 2 aromatic rings. The fourth-order valence-electron chi connectivity index (χ4n) is 4.55. The number of likely N-dealkylation sites (tertiary alicyclic amines) is 1. The van der Waals surface area contributed by atoms with E-state index in [4.69, 9.17) is 0 Å². The van der Waals surface area contributed by atoms with Crippen LogP contribution in [0.3, 0.4) is 0 Å². The monoisotopic (exact) mass is 305 g/mol. The van der Waals surface area contributed by atoms with Gasteiger partial charge in [0.15, 0.2) is 0 Å². The normalized spacial score (nSPS) is 22.7. The van der Waals surface area contributed by atoms with E-state index in [2.05, 4.69) is 59.5 Å². The summed E-state index contributed by atoms with van der Waals surface area (Å²) in [5.74, 6) is 1.86. The molecule has 23 heavy (non-hydrogen) atoms. The summed E-state index contributed by atoms with van der Waals surface area (Å²) in [4.78, 5) is 2.64. The van der Waals surface area contributed by atoms with Gasteiger partial charge in [0.2, 0.25) is 0 Å². The summed E-state index contributed by atoms with van der Waals surface area (Å²) < 4.78 is 0. The Balaban J connectivity index is 1.32. The van der Waals surface area contributed by atoms with Gasteiger partial charge in [0.1, 0.15) is 0 Å². The lowest BCUT2D eigenvalue weighted by atomic mass is 9.74. The average molecular weight is 305 g/mol. The lowest BCUT2D eigenvalue weighted by Gasteiger charge is -2.38. The number of hydrogen-bond donors (Lipinski definition) is 0. The highest BCUT2D eigenvalue weighted by Gasteiger charge is 2.29. The summed E-state index contributed by atoms with van der Waals surface area (Å²) >= 11 is 0. The maximum absolute atomic E-state index is 2.64. The van der Waals surface area contributed by atoms with Crippen molar-refractivity contribution in [2.45, 2.75) is 38.6 Å². The fourth-order valence-corrected chi connectivity index (χ4v) is 4.55. The first-order valence-electron chi connectivity index (χ1n) is 9.21. The van der Waals surface area contributed by atoms with E-state index >= 15 is 0 Å². The van der Waals surface area contributed by atoms with Crippen LogP contribution >= 0.6 is 0 Å². The number of piperidine rings is 1. The average Bonchev–Trinajstić information content (AvgIpc) is 2.63. The summed E-state index contributed by atoms with van der Waals surface area (Å²) in [6.45, 7) is 3.68. The number of fused-ring (bicyclic) bond motifs is 1. The molecule has 2 aliphatic rings. The molecule has 1 atom stereocenters. The molecule has 4 rings (SSSR count). The number of benzene rings is 2. The fraction of sp³-hybridized carbons (Fsp3) is 0.455. The Morgan fingerprint density at radius 1 is 0.739 bits per heavy atom. The maximum Gasteiger partial charge on any atom is 0.0233 e. The third-order valence-electron chi connectivity index (χ3n) is 5.93. The van der Waals surface area contributed by atoms with Crippen LogP contribution in [0.5, 0.6) is 0 Å². The van der Waals surface area contributed by atoms with Crippen LogP contribution in [0.1, 0.15) is 36.0 Å². The van der Waals surface area contributed by atoms with Crippen molar-refractivity contribution >= 4 is 0 Å². The summed E-state index contributed by atoms with van der Waals surface area (Å²) in [5, 5.41) is 0. The van der Waals surface area contributed by atoms with Crippen molar-refractivity contribution in [1.82, 2.24) is 4.90 Å². The minimum Gasteiger partial charge on any atom is -0.299 e. The van der Waals surface area contributed by atoms with Gasteiger partial charge in [0, 0.05) is 6.54 Å². The molecular formula is C22H27N. The third kappa shape index (κ3) is 3.50. The summed E-state index contributed by atoms with van der Waals surface area (Å²) in [6, 6.07) is 20.0. The Labute approximate surface area is 140 Å². The summed E-state index contributed by atoms with van der Waals surface area (Å²) in [6.07, 6.45) is 6.80. The molecule has 0 amide bonds. The molecule has 1 nitrogen and oxygen atoms in total. The molecule has 1 saturated heterocycles. The molecule has 2 aromatic carbocycles. The van der Waals surface area contributed by atoms with Gasteiger partial charge in [-0.15, -0.1) is 0 Å². The van der Waals surface area contributed by atoms with Crippen molar-refractivity contribution < 1.29 is 0 Å². The lowest BCUT2D eigenvalue weighted by Crippen LogP contribution is -2.37. The highest BCUT2D eigenvalue weighted by Crippen LogP contribution is 2.35. The second-order valence-corrected chi connectivity index (χ2v) is 7.37. The van der Waals surface area contributed by atoms with Crippen molar-refractivity contribution in [3.05, 3.63) is 71.3 Å². The van der Waals surface area contributed by atoms with Crippen molar-refractivity contribution in [3.63, 3.8) is 0 Å².